The van der Waals surface area contributed by atoms with Gasteiger partial charge in [-0.2, -0.15) is 0 Å². The number of hydrogen-bond acceptors (Lipinski definition) is 18. The monoisotopic (exact) mass is 2420 g/mol. The van der Waals surface area contributed by atoms with Crippen molar-refractivity contribution in [3.63, 3.8) is 0 Å². The number of aldehydes is 1. The van der Waals surface area contributed by atoms with Crippen LogP contribution in [0, 0.1) is 27.7 Å². The van der Waals surface area contributed by atoms with Gasteiger partial charge in [-0.25, -0.2) is 29.5 Å². The van der Waals surface area contributed by atoms with Gasteiger partial charge in [0.2, 0.25) is 11.8 Å². The predicted molar refractivity (Wildman–Crippen MR) is 623 cm³/mol. The van der Waals surface area contributed by atoms with Crippen LogP contribution in [0.3, 0.4) is 0 Å². The smallest absolute Gasteiger partial charge is 0.408 e. The topological polar surface area (TPSA) is 273 Å². The maximum atomic E-state index is 14.5. The van der Waals surface area contributed by atoms with Crippen LogP contribution in [0.15, 0.2) is 129 Å². The molecule has 0 spiro atoms. The van der Waals surface area contributed by atoms with Crippen LogP contribution in [0.4, 0.5) is 9.59 Å². The zero-order valence-corrected chi connectivity index (χ0v) is 102. The molecule has 0 bridgehead atoms. The summed E-state index contributed by atoms with van der Waals surface area (Å²) in [4.78, 5) is 87.5. The Morgan fingerprint density at radius 2 is 0.709 bits per heavy atom. The Morgan fingerprint density at radius 3 is 1.02 bits per heavy atom. The van der Waals surface area contributed by atoms with Crippen LogP contribution in [-0.4, -0.2) is 190 Å². The molecule has 26 nitrogen and oxygen atoms in total. The van der Waals surface area contributed by atoms with Gasteiger partial charge in [0.15, 0.2) is 12.1 Å². The number of alkyl carbamates (subject to hydrolysis) is 2. The van der Waals surface area contributed by atoms with E-state index in [0.29, 0.717) is 57.8 Å². The lowest BCUT2D eigenvalue weighted by Gasteiger charge is -2.31. The van der Waals surface area contributed by atoms with Crippen molar-refractivity contribution in [2.45, 2.75) is 397 Å². The van der Waals surface area contributed by atoms with Gasteiger partial charge in [-0.1, -0.05) is 213 Å². The average Bonchev–Trinajstić information content (AvgIpc) is 1.68. The minimum atomic E-state index is -1.27. The number of nitrogens with one attached hydrogen (secondary N) is 3. The fraction of sp³-hybridized carbons (Fsp3) is 0.610. The van der Waals surface area contributed by atoms with E-state index in [1.807, 2.05) is 217 Å². The molecule has 0 saturated heterocycles. The molecule has 804 valence electrons. The first kappa shape index (κ1) is 141. The minimum absolute atomic E-state index is 0. The van der Waals surface area contributed by atoms with Crippen LogP contribution >= 0.6 is 98.7 Å². The van der Waals surface area contributed by atoms with Gasteiger partial charge in [0.1, 0.15) is 104 Å². The number of nitrogens with zero attached hydrogens (tertiary/aromatic N) is 10. The normalized spacial score (nSPS) is 11.9. The third-order valence-electron chi connectivity index (χ3n) is 20.0. The Labute approximate surface area is 911 Å². The van der Waals surface area contributed by atoms with Crippen LogP contribution in [-0.2, 0) is 97.4 Å². The molecule has 8 rings (SSSR count). The van der Waals surface area contributed by atoms with E-state index < -0.39 is 67.8 Å². The third kappa shape index (κ3) is 56.7. The standard InChI is InChI=1S/C38H58N4O5Si.C32H53BrN4O5Si.C14H28BrN3OSi.C11H19BrN2O2Si.C6H6.4CH4.3BrH/c1-27(2)41(25-33-40-34(30-16-14-13-15-17-30)28(3)42(33)26-45-22-23-48(10,11)12)35(43)32(39-36(44)47-38(7,8)9)24-29-18-20-31(21-19-29)46-37(4,5)6;1-22(2)36(20-27-34-23(3)28(33)37(27)21-40-17-18-43(10,11)12)29(38)26(35-30(39)42-32(7,8)9)19-24-13-15-25(16-14-24)41-31(4,5)6;1-11(2)16-9-13-17-12(3)14(15)18(13)10-19-7-8-20(4,5)6;1-9-11(12)14(10(7-15)13-9)8-16-5-6-17(2,3)4;1-2-4-6-5-3-1;;;;;;;/h13-21,27,32H,22-26H2,1-12H3,(H,39,44);13-16,22,26H,17-21H2,1-12H3,(H,35,39);11,16H,7-10H2,1-6H3;7H,5-6,8H2,1-4H3;1-6H;4*1H4;3*1H/t32-;26-;;;;;;;;;;/m00........../s1. The van der Waals surface area contributed by atoms with Crippen LogP contribution in [0.1, 0.15) is 216 Å². The summed E-state index contributed by atoms with van der Waals surface area (Å²) < 4.78 is 57.3. The second-order valence-corrected chi connectivity index (χ2v) is 68.3. The number of amides is 4. The van der Waals surface area contributed by atoms with Crippen molar-refractivity contribution in [3.05, 3.63) is 186 Å². The van der Waals surface area contributed by atoms with Gasteiger partial charge in [-0.3, -0.25) is 28.1 Å². The van der Waals surface area contributed by atoms with E-state index in [9.17, 15) is 24.0 Å². The Morgan fingerprint density at radius 1 is 0.411 bits per heavy atom. The largest absolute Gasteiger partial charge is 0.488 e. The zero-order chi connectivity index (χ0) is 101. The van der Waals surface area contributed by atoms with Crippen molar-refractivity contribution in [2.75, 3.05) is 26.4 Å². The van der Waals surface area contributed by atoms with Gasteiger partial charge < -0.3 is 68.2 Å². The Hall–Kier alpha value is -5.98. The molecule has 0 saturated carbocycles. The van der Waals surface area contributed by atoms with Crippen molar-refractivity contribution in [1.29, 1.82) is 0 Å². The molecule has 0 aliphatic carbocycles. The maximum Gasteiger partial charge on any atom is 0.408 e. The van der Waals surface area contributed by atoms with Crippen LogP contribution in [0.25, 0.3) is 11.3 Å². The molecule has 4 heterocycles. The quantitative estimate of drug-likeness (QED) is 0.0182. The Bertz CT molecular complexity index is 4850. The molecule has 4 aromatic carbocycles. The number of benzene rings is 4. The van der Waals surface area contributed by atoms with Gasteiger partial charge in [-0.15, -0.1) is 50.9 Å². The molecule has 36 heteroatoms. The molecular weight excluding hydrogens is 2240 g/mol. The summed E-state index contributed by atoms with van der Waals surface area (Å²) >= 11 is 10.7. The second-order valence-electron chi connectivity index (χ2n) is 43.5. The summed E-state index contributed by atoms with van der Waals surface area (Å²) in [6.45, 7) is 76.5. The number of carbonyl (C=O) groups is 5. The molecule has 4 amide bonds. The van der Waals surface area contributed by atoms with Gasteiger partial charge in [0.05, 0.1) is 42.4 Å². The highest BCUT2D eigenvalue weighted by atomic mass is 79.9. The molecule has 0 aliphatic heterocycles. The highest BCUT2D eigenvalue weighted by Crippen LogP contribution is 2.30. The van der Waals surface area contributed by atoms with E-state index in [-0.39, 0.29) is 142 Å². The number of imidazole rings is 4. The van der Waals surface area contributed by atoms with Crippen molar-refractivity contribution in [3.8, 4) is 22.8 Å². The molecule has 0 unspecified atom stereocenters. The predicted octanol–water partition coefficient (Wildman–Crippen LogP) is 28.3. The first-order valence-corrected chi connectivity index (χ1v) is 64.1. The lowest BCUT2D eigenvalue weighted by molar-refractivity contribution is -0.136. The highest BCUT2D eigenvalue weighted by Gasteiger charge is 2.35. The number of aryl methyl sites for hydroxylation is 3. The van der Waals surface area contributed by atoms with E-state index in [2.05, 4.69) is 175 Å². The molecule has 0 aliphatic rings. The average molecular weight is 2430 g/mol. The minimum Gasteiger partial charge on any atom is -0.488 e. The number of hydrogen-bond donors (Lipinski definition) is 3. The fourth-order valence-electron chi connectivity index (χ4n) is 12.7. The fourth-order valence-corrected chi connectivity index (χ4v) is 16.9. The lowest BCUT2D eigenvalue weighted by atomic mass is 10.0. The number of ether oxygens (including phenoxy) is 8. The van der Waals surface area contributed by atoms with Crippen LogP contribution < -0.4 is 25.4 Å². The summed E-state index contributed by atoms with van der Waals surface area (Å²) in [5.74, 6) is 3.89. The van der Waals surface area contributed by atoms with Crippen LogP contribution in [0.5, 0.6) is 11.5 Å². The summed E-state index contributed by atoms with van der Waals surface area (Å²) in [5.41, 5.74) is 5.17. The van der Waals surface area contributed by atoms with Crippen LogP contribution in [0.2, 0.25) is 103 Å². The third-order valence-corrected chi connectivity index (χ3v) is 29.8. The van der Waals surface area contributed by atoms with Gasteiger partial charge in [0, 0.05) is 101 Å². The van der Waals surface area contributed by atoms with Crippen molar-refractivity contribution in [2.24, 2.45) is 0 Å². The summed E-state index contributed by atoms with van der Waals surface area (Å²) in [7, 11) is -4.57. The summed E-state index contributed by atoms with van der Waals surface area (Å²) in [6.07, 6.45) is 0.0303. The molecule has 2 atom stereocenters. The van der Waals surface area contributed by atoms with E-state index in [4.69, 9.17) is 47.9 Å². The van der Waals surface area contributed by atoms with Gasteiger partial charge in [-0.05, 0) is 246 Å². The van der Waals surface area contributed by atoms with Crippen molar-refractivity contribution < 1.29 is 61.9 Å². The number of rotatable bonds is 41. The lowest BCUT2D eigenvalue weighted by Crippen LogP contribution is -2.52. The zero-order valence-electron chi connectivity index (χ0n) is 88.6. The van der Waals surface area contributed by atoms with E-state index in [1.165, 1.54) is 6.04 Å². The maximum absolute atomic E-state index is 14.5. The van der Waals surface area contributed by atoms with Crippen molar-refractivity contribution in [1.82, 2.24) is 64.0 Å². The second kappa shape index (κ2) is 65.7. The molecule has 141 heavy (non-hydrogen) atoms. The Kier molecular flexibility index (Phi) is 65.8. The molecule has 4 aromatic heterocycles. The number of aromatic nitrogens is 8. The van der Waals surface area contributed by atoms with Crippen molar-refractivity contribution >= 4 is 161 Å². The molecule has 8 aromatic rings. The van der Waals surface area contributed by atoms with E-state index >= 15 is 0 Å². The molecular formula is C105H183Br6N13O13Si4. The first-order valence-electron chi connectivity index (χ1n) is 46.9. The first-order chi connectivity index (χ1) is 61.9. The molecule has 0 fully saturated rings. The Balaban J connectivity index is -0.000000913. The molecule has 3 N–H and O–H groups in total. The van der Waals surface area contributed by atoms with E-state index in [1.54, 1.807) is 55.9 Å². The summed E-state index contributed by atoms with van der Waals surface area (Å²) in [5, 5.41) is 9.12. The highest BCUT2D eigenvalue weighted by molar-refractivity contribution is 9.11. The van der Waals surface area contributed by atoms with E-state index in [0.717, 1.165) is 126 Å². The van der Waals surface area contributed by atoms with Gasteiger partial charge >= 0.3 is 12.2 Å². The number of carbonyl (C=O) groups excluding carboxylic acids is 5. The van der Waals surface area contributed by atoms with Gasteiger partial charge in [0.25, 0.3) is 0 Å². The molecule has 0 radical (unpaired) electrons. The SMILES string of the molecule is Br.Br.Br.C.C.C.C.Cc1c(-c2ccccc2)nc(CN(C(=O)[C@H](Cc2ccc(OC(C)(C)C)cc2)NC(=O)OC(C)(C)C)C(C)C)n1COCC[Si](C)(C)C.Cc1nc(C=O)n(COCC[Si](C)(C)C)c1Br.Cc1nc(CN(C(=O)[C@H](Cc2ccc(OC(C)(C)C)cc2)NC(=O)OC(C)(C)C)C(C)C)n(COCC[Si](C)(C)C)c1Br.Cc1nc(CNC(C)C)n(COCC[Si](C)(C)C)c1Br.c1ccccc1. The summed E-state index contributed by atoms with van der Waals surface area (Å²) in [6, 6.07) is 40.1. The number of halogens is 6.